The summed E-state index contributed by atoms with van der Waals surface area (Å²) >= 11 is 6.78. The number of nitrogens with one attached hydrogen (secondary N) is 9. The summed E-state index contributed by atoms with van der Waals surface area (Å²) in [6.45, 7) is 29.1. The number of rotatable bonds is 23. The molecule has 50 heteroatoms. The Labute approximate surface area is 902 Å². The molecule has 2 aromatic heterocycles. The molecule has 0 bridgehead atoms. The number of nitriles is 2. The number of nitrogens with two attached hydrogens (primary N) is 2. The molecule has 2 saturated heterocycles. The number of benzene rings is 4. The van der Waals surface area contributed by atoms with E-state index in [1.165, 1.54) is 36.8 Å². The molecular weight excluding hydrogens is 2180 g/mol. The molecule has 15 N–H and O–H groups in total. The zero-order valence-electron chi connectivity index (χ0n) is 79.4. The minimum absolute atomic E-state index is 0. The number of aromatic nitrogens is 2. The third-order valence-electron chi connectivity index (χ3n) is 17.3. The van der Waals surface area contributed by atoms with Crippen LogP contribution in [0, 0.1) is 34.3 Å². The molecule has 136 heavy (non-hydrogen) atoms. The number of ether oxygens (including phenoxy) is 3. The number of pyridine rings is 2. The third kappa shape index (κ3) is 59.3. The molecule has 2 fully saturated rings. The van der Waals surface area contributed by atoms with Crippen molar-refractivity contribution in [1.82, 2.24) is 62.7 Å². The van der Waals surface area contributed by atoms with Crippen molar-refractivity contribution in [1.29, 1.82) is 10.5 Å². The maximum absolute atomic E-state index is 13.3. The van der Waals surface area contributed by atoms with Crippen molar-refractivity contribution >= 4 is 114 Å². The fourth-order valence-corrected chi connectivity index (χ4v) is 12.6. The second kappa shape index (κ2) is 66.2. The van der Waals surface area contributed by atoms with Gasteiger partial charge in [-0.2, -0.15) is 76.4 Å². The topological polar surface area (TPSA) is 423 Å². The van der Waals surface area contributed by atoms with Crippen LogP contribution in [0.1, 0.15) is 135 Å². The average molecular weight is 2300 g/mol. The van der Waals surface area contributed by atoms with Crippen LogP contribution in [0.2, 0.25) is 0 Å². The predicted octanol–water partition coefficient (Wildman–Crippen LogP) is 8.48. The molecule has 0 radical (unpaired) electrons. The van der Waals surface area contributed by atoms with Gasteiger partial charge in [0.1, 0.15) is 88.5 Å². The van der Waals surface area contributed by atoms with E-state index >= 15 is 0 Å². The first-order valence-electron chi connectivity index (χ1n) is 41.0. The van der Waals surface area contributed by atoms with Crippen LogP contribution >= 0.6 is 61.1 Å². The van der Waals surface area contributed by atoms with Crippen molar-refractivity contribution < 1.29 is 237 Å². The second-order valence-corrected chi connectivity index (χ2v) is 35.6. The summed E-state index contributed by atoms with van der Waals surface area (Å²) in [5.74, 6) is -0.552. The van der Waals surface area contributed by atoms with Crippen LogP contribution in [0.15, 0.2) is 97.1 Å². The number of piperazine rings is 2. The van der Waals surface area contributed by atoms with Gasteiger partial charge in [-0.3, -0.25) is 9.69 Å². The summed E-state index contributed by atoms with van der Waals surface area (Å²) < 4.78 is 221. The van der Waals surface area contributed by atoms with Gasteiger partial charge in [0.2, 0.25) is 0 Å². The Morgan fingerprint density at radius 2 is 0.941 bits per heavy atom. The Kier molecular flexibility index (Phi) is 65.8. The van der Waals surface area contributed by atoms with E-state index in [9.17, 15) is 99.1 Å². The van der Waals surface area contributed by atoms with E-state index in [0.29, 0.717) is 36.3 Å². The van der Waals surface area contributed by atoms with Gasteiger partial charge >= 0.3 is 152 Å². The SMILES string of the molecule is CC1CN(Cc2ccc3c(-c4ccc(F)cc4)cc(C#N)nc3c2)[C@@H](C)CN1.C[C@@H](C=O)NC(=O)OC(C)(C)C.C[C@@H](CNC(CI)C(F)(F)F)NC(=O)OC(C)(C)C.C[C@@H](CNC(CO)C(F)(F)F)NC(=O)OC(C)(C)C.C[C@H](N)CNC(CI)C(F)(F)F.C[C@H]1CNC(C(F)(F)F)CN1.N#Cc1cc(-c2ccc(F)cc2)c2ccc(CBr)cc2n1.NC(CO)C(F)(F)F.O=CO[O-].[H-].[K+].[K+]. The van der Waals surface area contributed by atoms with Crippen LogP contribution in [0.5, 0.6) is 0 Å². The fourth-order valence-electron chi connectivity index (χ4n) is 10.7. The van der Waals surface area contributed by atoms with Gasteiger partial charge < -0.3 is 100 Å². The first-order valence-corrected chi connectivity index (χ1v) is 45.2. The Bertz CT molecular complexity index is 4510. The fraction of sp³-hybridized carbons (Fsp3) is 0.570. The summed E-state index contributed by atoms with van der Waals surface area (Å²) in [5.41, 5.74) is 16.0. The molecule has 2 aliphatic heterocycles. The van der Waals surface area contributed by atoms with Crippen LogP contribution in [-0.2, 0) is 40.6 Å². The number of carbonyl (C=O) groups is 5. The zero-order chi connectivity index (χ0) is 103. The minimum atomic E-state index is -4.53. The van der Waals surface area contributed by atoms with Crippen LogP contribution in [0.4, 0.5) is 89.0 Å². The molecule has 6 unspecified atom stereocenters. The molecule has 2 aliphatic rings. The van der Waals surface area contributed by atoms with Crippen molar-refractivity contribution in [2.45, 2.75) is 243 Å². The number of alkyl carbamates (subject to hydrolysis) is 3. The number of aliphatic hydroxyl groups excluding tert-OH is 2. The number of hydrogen-bond donors (Lipinski definition) is 13. The molecule has 758 valence electrons. The van der Waals surface area contributed by atoms with Crippen LogP contribution in [0.25, 0.3) is 44.1 Å². The van der Waals surface area contributed by atoms with E-state index < -0.39 is 128 Å². The Morgan fingerprint density at radius 3 is 1.25 bits per heavy atom. The Hall–Kier alpha value is -4.83. The smallest absolute Gasteiger partial charge is 1.00 e. The van der Waals surface area contributed by atoms with Gasteiger partial charge in [0.05, 0.1) is 30.3 Å². The number of aldehydes is 1. The number of alkyl halides is 18. The molecule has 4 heterocycles. The normalized spacial score (nSPS) is 16.8. The summed E-state index contributed by atoms with van der Waals surface area (Å²) in [6, 6.07) is 23.4. The maximum Gasteiger partial charge on any atom is 1.00 e. The van der Waals surface area contributed by atoms with Crippen molar-refractivity contribution in [3.8, 4) is 34.4 Å². The van der Waals surface area contributed by atoms with Gasteiger partial charge in [-0.05, 0) is 193 Å². The van der Waals surface area contributed by atoms with Gasteiger partial charge in [0, 0.05) is 114 Å². The standard InChI is InChI=1S/C23H23FN4.C17H10BrFN2.C11H20F3IN2O2.C11H21F3N2O3.C8H15NO3.C6H12F3IN2.C6H11F3N2.C3H6F3NO.CH2O3.2K.H/c1-15-13-28(16(2)12-26-15)14-17-3-8-21-22(18-4-6-19(24)7-5-18)10-20(11-25)27-23(21)9-17;18-9-11-1-6-15-16(12-2-4-13(19)5-3-12)8-14(10-20)21-17(15)7-11;1-7(17-9(18)19-10(2,3)4)6-16-8(5-15)11(12,13)14;1-7(16-9(18)19-10(2,3)4)5-15-8(6-17)11(12,13)14;1-6(5-10)9-7(11)12-8(2,3)4;1-4(11)3-12-5(2-10)6(7,8)9;1-4-2-11-5(3-10-4)6(7,8)9;4-3(5,6)2(7)1-8;2-1-4-3;;;/h3-10,15-16,26H,12-14H2,1-2H3;1-8H,9H2;7-8,16H,5-6H2,1-4H3,(H,17,18);7-8,15,17H,5-6H2,1-4H3,(H,16,18);5-6H,1-4H3,(H,9,11);4-5,12H,2-3,11H2,1H3;4-5,10-11H,2-3H2,1H3;2,8H,1,7H2;1,3H;;;/q;;;;;;;;;2*+1;-1/p-1/t15?,16-;;2*7-,8?;6-;2*4-,5?;;;;;/m0.00000...../s1. The second-order valence-electron chi connectivity index (χ2n) is 33.2. The van der Waals surface area contributed by atoms with Gasteiger partial charge in [-0.25, -0.2) is 33.1 Å². The monoisotopic (exact) mass is 2300 g/mol. The molecule has 8 rings (SSSR count). The van der Waals surface area contributed by atoms with Gasteiger partial charge in [-0.1, -0.05) is 110 Å². The van der Waals surface area contributed by atoms with E-state index in [4.69, 9.17) is 45.5 Å². The van der Waals surface area contributed by atoms with E-state index in [0.717, 1.165) is 74.6 Å². The zero-order valence-corrected chi connectivity index (χ0v) is 90.6. The summed E-state index contributed by atoms with van der Waals surface area (Å²) in [6.07, 6.45) is -22.8. The number of carbonyl (C=O) groups excluding carboxylic acids is 5. The van der Waals surface area contributed by atoms with Gasteiger partial charge in [0.25, 0.3) is 6.47 Å². The Balaban J connectivity index is -0.000000750. The summed E-state index contributed by atoms with van der Waals surface area (Å²) in [4.78, 5) is 66.4. The molecule has 6 aromatic rings. The van der Waals surface area contributed by atoms with E-state index in [1.54, 1.807) is 165 Å². The molecule has 4 aromatic carbocycles. The number of hydrogen-bond acceptors (Lipinski definition) is 25. The summed E-state index contributed by atoms with van der Waals surface area (Å²) in [5, 5.41) is 68.9. The molecule has 0 spiro atoms. The van der Waals surface area contributed by atoms with Crippen LogP contribution in [0.3, 0.4) is 0 Å². The van der Waals surface area contributed by atoms with Crippen LogP contribution in [-0.4, -0.2) is 244 Å². The number of fused-ring (bicyclic) bond motifs is 2. The summed E-state index contributed by atoms with van der Waals surface area (Å²) in [7, 11) is 0. The largest absolute Gasteiger partial charge is 1.00 e. The molecule has 0 aliphatic carbocycles. The predicted molar refractivity (Wildman–Crippen MR) is 493 cm³/mol. The molecule has 12 atom stereocenters. The van der Waals surface area contributed by atoms with Crippen molar-refractivity contribution in [2.75, 3.05) is 67.9 Å². The molecule has 3 amide bonds. The number of amides is 3. The maximum atomic E-state index is 13.3. The van der Waals surface area contributed by atoms with E-state index in [1.807, 2.05) is 25.1 Å². The van der Waals surface area contributed by atoms with Crippen molar-refractivity contribution in [2.24, 2.45) is 11.5 Å². The van der Waals surface area contributed by atoms with E-state index in [-0.39, 0.29) is 169 Å². The quantitative estimate of drug-likeness (QED) is 0.00418. The third-order valence-corrected chi connectivity index (χ3v) is 19.7. The van der Waals surface area contributed by atoms with Crippen molar-refractivity contribution in [3.05, 3.63) is 131 Å². The first-order chi connectivity index (χ1) is 61.8. The number of nitrogens with zero attached hydrogens (tertiary/aromatic N) is 5. The minimum Gasteiger partial charge on any atom is -1.00 e. The van der Waals surface area contributed by atoms with Gasteiger partial charge in [0.15, 0.2) is 0 Å². The van der Waals surface area contributed by atoms with Crippen molar-refractivity contribution in [3.63, 3.8) is 0 Å². The molecular formula is C86H120BrF17I2K2N16O12. The van der Waals surface area contributed by atoms with Gasteiger partial charge in [-0.15, -0.1) is 0 Å². The number of aliphatic hydroxyl groups is 2. The van der Waals surface area contributed by atoms with E-state index in [2.05, 4.69) is 133 Å². The first kappa shape index (κ1) is 135. The Morgan fingerprint density at radius 1 is 0.566 bits per heavy atom. The van der Waals surface area contributed by atoms with Crippen LogP contribution < -0.4 is 167 Å². The average Bonchev–Trinajstić information content (AvgIpc) is 0.780. The molecule has 28 nitrogen and oxygen atoms in total. The molecule has 0 saturated carbocycles. The number of halogens is 20.